The number of halogens is 3. The highest BCUT2D eigenvalue weighted by atomic mass is 19.4. The highest BCUT2D eigenvalue weighted by Crippen LogP contribution is 2.30. The van der Waals surface area contributed by atoms with Crippen LogP contribution >= 0.6 is 0 Å². The lowest BCUT2D eigenvalue weighted by molar-refractivity contribution is -0.137. The first-order valence-electron chi connectivity index (χ1n) is 8.95. The molecule has 31 heavy (non-hydrogen) atoms. The highest BCUT2D eigenvalue weighted by Gasteiger charge is 2.30. The molecule has 11 heteroatoms. The summed E-state index contributed by atoms with van der Waals surface area (Å²) >= 11 is 0. The number of nitrogens with one attached hydrogen (secondary N) is 2. The Bertz CT molecular complexity index is 1220. The van der Waals surface area contributed by atoms with Gasteiger partial charge in [-0.3, -0.25) is 4.68 Å². The van der Waals surface area contributed by atoms with Gasteiger partial charge in [0.05, 0.1) is 11.8 Å². The van der Waals surface area contributed by atoms with Crippen LogP contribution in [-0.2, 0) is 13.2 Å². The van der Waals surface area contributed by atoms with Crippen molar-refractivity contribution in [3.05, 3.63) is 66.6 Å². The zero-order valence-corrected chi connectivity index (χ0v) is 16.0. The van der Waals surface area contributed by atoms with Crippen molar-refractivity contribution in [1.82, 2.24) is 19.7 Å². The summed E-state index contributed by atoms with van der Waals surface area (Å²) in [5.41, 5.74) is 0.533. The third kappa shape index (κ3) is 4.55. The number of aromatic nitrogens is 4. The molecule has 0 fully saturated rings. The summed E-state index contributed by atoms with van der Waals surface area (Å²) in [6.07, 6.45) is -1.45. The number of amides is 2. The fraction of sp³-hybridized carbons (Fsp3) is 0.100. The van der Waals surface area contributed by atoms with Crippen LogP contribution in [0.3, 0.4) is 0 Å². The summed E-state index contributed by atoms with van der Waals surface area (Å²) in [5, 5.41) is 9.84. The summed E-state index contributed by atoms with van der Waals surface area (Å²) in [7, 11) is 1.76. The number of alkyl halides is 3. The molecule has 2 aromatic heterocycles. The van der Waals surface area contributed by atoms with E-state index in [2.05, 4.69) is 25.7 Å². The van der Waals surface area contributed by atoms with Gasteiger partial charge in [-0.05, 0) is 48.5 Å². The summed E-state index contributed by atoms with van der Waals surface area (Å²) in [6.45, 7) is 0. The normalized spacial score (nSPS) is 11.4. The van der Waals surface area contributed by atoms with E-state index >= 15 is 0 Å². The van der Waals surface area contributed by atoms with Gasteiger partial charge in [-0.2, -0.15) is 18.3 Å². The fourth-order valence-electron chi connectivity index (χ4n) is 2.78. The molecule has 0 bridgehead atoms. The molecule has 0 spiro atoms. The maximum absolute atomic E-state index is 12.6. The minimum absolute atomic E-state index is 0.231. The number of urea groups is 1. The Hall–Kier alpha value is -4.15. The van der Waals surface area contributed by atoms with Crippen molar-refractivity contribution >= 4 is 28.4 Å². The van der Waals surface area contributed by atoms with Gasteiger partial charge in [0.2, 0.25) is 5.88 Å². The van der Waals surface area contributed by atoms with Gasteiger partial charge in [-0.15, -0.1) is 0 Å². The summed E-state index contributed by atoms with van der Waals surface area (Å²) < 4.78 is 45.2. The molecule has 4 aromatic rings. The van der Waals surface area contributed by atoms with E-state index in [1.54, 1.807) is 42.2 Å². The highest BCUT2D eigenvalue weighted by molar-refractivity contribution is 5.99. The number of hydrogen-bond donors (Lipinski definition) is 2. The molecule has 158 valence electrons. The lowest BCUT2D eigenvalue weighted by atomic mass is 10.2. The summed E-state index contributed by atoms with van der Waals surface area (Å²) in [6, 6.07) is 10.1. The number of aryl methyl sites for hydroxylation is 1. The van der Waals surface area contributed by atoms with Crippen LogP contribution in [0.25, 0.3) is 11.0 Å². The lowest BCUT2D eigenvalue weighted by Gasteiger charge is -2.10. The number of rotatable bonds is 4. The zero-order valence-electron chi connectivity index (χ0n) is 16.0. The van der Waals surface area contributed by atoms with E-state index in [4.69, 9.17) is 4.74 Å². The number of anilines is 2. The third-order valence-electron chi connectivity index (χ3n) is 4.29. The molecule has 0 atom stereocenters. The molecule has 0 saturated heterocycles. The summed E-state index contributed by atoms with van der Waals surface area (Å²) in [5.74, 6) is 0.830. The minimum Gasteiger partial charge on any atom is -0.438 e. The van der Waals surface area contributed by atoms with E-state index < -0.39 is 17.8 Å². The van der Waals surface area contributed by atoms with Gasteiger partial charge >= 0.3 is 12.2 Å². The van der Waals surface area contributed by atoms with E-state index in [0.29, 0.717) is 28.4 Å². The van der Waals surface area contributed by atoms with Crippen LogP contribution < -0.4 is 15.4 Å². The molecular weight excluding hydrogens is 413 g/mol. The van der Waals surface area contributed by atoms with Gasteiger partial charge in [-0.25, -0.2) is 14.8 Å². The second kappa shape index (κ2) is 7.94. The Labute approximate surface area is 173 Å². The standard InChI is InChI=1S/C20H15F3N6O2/c1-29-17-16(10-26-29)18(25-11-24-17)31-15-8-6-14(7-9-15)28-19(30)27-13-4-2-12(3-5-13)20(21,22)23/h2-11H,1H3,(H2,27,28,30). The predicted octanol–water partition coefficient (Wildman–Crippen LogP) is 4.82. The number of nitrogens with zero attached hydrogens (tertiary/aromatic N) is 4. The molecule has 2 aromatic carbocycles. The topological polar surface area (TPSA) is 94.0 Å². The Morgan fingerprint density at radius 3 is 2.19 bits per heavy atom. The molecule has 0 aliphatic rings. The van der Waals surface area contributed by atoms with E-state index in [-0.39, 0.29) is 5.69 Å². The molecule has 0 radical (unpaired) electrons. The van der Waals surface area contributed by atoms with Crippen LogP contribution in [0.5, 0.6) is 11.6 Å². The number of carbonyl (C=O) groups excluding carboxylic acids is 1. The first-order valence-corrected chi connectivity index (χ1v) is 8.95. The SMILES string of the molecule is Cn1ncc2c(Oc3ccc(NC(=O)Nc4ccc(C(F)(F)F)cc4)cc3)ncnc21. The van der Waals surface area contributed by atoms with Crippen molar-refractivity contribution in [1.29, 1.82) is 0 Å². The predicted molar refractivity (Wildman–Crippen MR) is 107 cm³/mol. The van der Waals surface area contributed by atoms with Gasteiger partial charge in [0, 0.05) is 18.4 Å². The quantitative estimate of drug-likeness (QED) is 0.486. The number of fused-ring (bicyclic) bond motifs is 1. The fourth-order valence-corrected chi connectivity index (χ4v) is 2.78. The minimum atomic E-state index is -4.43. The second-order valence-electron chi connectivity index (χ2n) is 6.46. The largest absolute Gasteiger partial charge is 0.438 e. The van der Waals surface area contributed by atoms with Crippen molar-refractivity contribution in [3.8, 4) is 11.6 Å². The zero-order chi connectivity index (χ0) is 22.0. The molecule has 8 nitrogen and oxygen atoms in total. The van der Waals surface area contributed by atoms with Crippen molar-refractivity contribution < 1.29 is 22.7 Å². The number of ether oxygens (including phenoxy) is 1. The molecular formula is C20H15F3N6O2. The van der Waals surface area contributed by atoms with E-state index in [1.165, 1.54) is 18.5 Å². The molecule has 2 heterocycles. The molecule has 0 saturated carbocycles. The lowest BCUT2D eigenvalue weighted by Crippen LogP contribution is -2.19. The molecule has 2 amide bonds. The average molecular weight is 428 g/mol. The van der Waals surface area contributed by atoms with Gasteiger partial charge in [0.25, 0.3) is 0 Å². The molecule has 4 rings (SSSR count). The first kappa shape index (κ1) is 20.1. The Kier molecular flexibility index (Phi) is 5.15. The smallest absolute Gasteiger partial charge is 0.416 e. The Morgan fingerprint density at radius 2 is 1.58 bits per heavy atom. The van der Waals surface area contributed by atoms with Crippen LogP contribution in [-0.4, -0.2) is 25.8 Å². The van der Waals surface area contributed by atoms with E-state index in [9.17, 15) is 18.0 Å². The first-order chi connectivity index (χ1) is 14.8. The molecule has 0 aliphatic carbocycles. The molecule has 0 unspecified atom stereocenters. The van der Waals surface area contributed by atoms with Gasteiger partial charge in [0.1, 0.15) is 17.5 Å². The molecule has 0 aliphatic heterocycles. The van der Waals surface area contributed by atoms with Crippen LogP contribution in [0.15, 0.2) is 61.1 Å². The van der Waals surface area contributed by atoms with E-state index in [0.717, 1.165) is 12.1 Å². The Balaban J connectivity index is 1.38. The van der Waals surface area contributed by atoms with Crippen molar-refractivity contribution in [3.63, 3.8) is 0 Å². The Morgan fingerprint density at radius 1 is 0.968 bits per heavy atom. The van der Waals surface area contributed by atoms with Gasteiger partial charge in [0.15, 0.2) is 5.65 Å². The monoisotopic (exact) mass is 428 g/mol. The van der Waals surface area contributed by atoms with Crippen LogP contribution in [0, 0.1) is 0 Å². The van der Waals surface area contributed by atoms with Gasteiger partial charge < -0.3 is 15.4 Å². The van der Waals surface area contributed by atoms with Crippen molar-refractivity contribution in [2.75, 3.05) is 10.6 Å². The number of benzene rings is 2. The van der Waals surface area contributed by atoms with Gasteiger partial charge in [-0.1, -0.05) is 0 Å². The maximum atomic E-state index is 12.6. The molecule has 2 N–H and O–H groups in total. The second-order valence-corrected chi connectivity index (χ2v) is 6.46. The van der Waals surface area contributed by atoms with Crippen molar-refractivity contribution in [2.24, 2.45) is 7.05 Å². The third-order valence-corrected chi connectivity index (χ3v) is 4.29. The van der Waals surface area contributed by atoms with Crippen LogP contribution in [0.1, 0.15) is 5.56 Å². The number of carbonyl (C=O) groups is 1. The number of hydrogen-bond acceptors (Lipinski definition) is 5. The maximum Gasteiger partial charge on any atom is 0.416 e. The van der Waals surface area contributed by atoms with Crippen LogP contribution in [0.2, 0.25) is 0 Å². The van der Waals surface area contributed by atoms with Crippen LogP contribution in [0.4, 0.5) is 29.3 Å². The van der Waals surface area contributed by atoms with E-state index in [1.807, 2.05) is 0 Å². The summed E-state index contributed by atoms with van der Waals surface area (Å²) in [4.78, 5) is 20.3. The average Bonchev–Trinajstić information content (AvgIpc) is 3.11. The van der Waals surface area contributed by atoms with Crippen molar-refractivity contribution in [2.45, 2.75) is 6.18 Å².